The number of hydrogen-bond donors (Lipinski definition) is 0. The fourth-order valence-corrected chi connectivity index (χ4v) is 5.98. The highest BCUT2D eigenvalue weighted by atomic mass is 32.2. The largest absolute Gasteiger partial charge is 0.362 e. The third-order valence-corrected chi connectivity index (χ3v) is 8.39. The van der Waals surface area contributed by atoms with Crippen molar-refractivity contribution in [1.29, 1.82) is 0 Å². The molecular weight excluding hydrogens is 444 g/mol. The molecule has 33 heavy (non-hydrogen) atoms. The van der Waals surface area contributed by atoms with Gasteiger partial charge in [0, 0.05) is 51.3 Å². The van der Waals surface area contributed by atoms with E-state index >= 15 is 0 Å². The van der Waals surface area contributed by atoms with E-state index < -0.39 is 10.0 Å². The molecule has 2 saturated heterocycles. The van der Waals surface area contributed by atoms with E-state index in [0.29, 0.717) is 57.8 Å². The van der Waals surface area contributed by atoms with Crippen LogP contribution in [0.3, 0.4) is 0 Å². The molecule has 4 rings (SSSR count). The summed E-state index contributed by atoms with van der Waals surface area (Å²) >= 11 is 0. The Labute approximate surface area is 193 Å². The zero-order valence-corrected chi connectivity index (χ0v) is 19.4. The summed E-state index contributed by atoms with van der Waals surface area (Å²) in [6, 6.07) is 13.5. The summed E-state index contributed by atoms with van der Waals surface area (Å²) in [5.74, 6) is -0.156. The molecule has 2 heterocycles. The van der Waals surface area contributed by atoms with Gasteiger partial charge in [-0.2, -0.15) is 4.31 Å². The van der Waals surface area contributed by atoms with Gasteiger partial charge >= 0.3 is 0 Å². The van der Waals surface area contributed by atoms with Crippen molar-refractivity contribution in [3.63, 3.8) is 0 Å². The maximum Gasteiger partial charge on any atom is 0.292 e. The van der Waals surface area contributed by atoms with Gasteiger partial charge in [0.25, 0.3) is 5.69 Å². The standard InChI is InChI=1S/C23H28N4O5S/c1-18-6-8-20(9-7-18)33(31,32)26-12-10-19(11-13-26)23(28)25-16-14-24(15-17-25)21-4-2-3-5-22(21)27(29)30/h2-9,19H,10-17H2,1H3. The Morgan fingerprint density at radius 3 is 2.15 bits per heavy atom. The number of hydrogen-bond acceptors (Lipinski definition) is 6. The number of aryl methyl sites for hydroxylation is 1. The molecule has 2 aliphatic heterocycles. The van der Waals surface area contributed by atoms with E-state index in [9.17, 15) is 23.3 Å². The van der Waals surface area contributed by atoms with Gasteiger partial charge in [-0.25, -0.2) is 8.42 Å². The number of nitrogens with zero attached hydrogens (tertiary/aromatic N) is 4. The van der Waals surface area contributed by atoms with E-state index in [-0.39, 0.29) is 27.3 Å². The van der Waals surface area contributed by atoms with Crippen LogP contribution >= 0.6 is 0 Å². The number of carbonyl (C=O) groups is 1. The Balaban J connectivity index is 1.33. The van der Waals surface area contributed by atoms with Crippen LogP contribution in [0.2, 0.25) is 0 Å². The number of para-hydroxylation sites is 2. The van der Waals surface area contributed by atoms with Gasteiger partial charge in [0.15, 0.2) is 0 Å². The lowest BCUT2D eigenvalue weighted by molar-refractivity contribution is -0.384. The van der Waals surface area contributed by atoms with E-state index in [1.54, 1.807) is 47.4 Å². The third kappa shape index (κ3) is 4.86. The van der Waals surface area contributed by atoms with Crippen molar-refractivity contribution in [2.75, 3.05) is 44.2 Å². The zero-order chi connectivity index (χ0) is 23.6. The molecular formula is C23H28N4O5S. The van der Waals surface area contributed by atoms with Gasteiger partial charge in [0.05, 0.1) is 9.82 Å². The molecule has 2 aromatic carbocycles. The highest BCUT2D eigenvalue weighted by Gasteiger charge is 2.35. The Morgan fingerprint density at radius 2 is 1.55 bits per heavy atom. The number of piperidine rings is 1. The van der Waals surface area contributed by atoms with Crippen LogP contribution in [0.15, 0.2) is 53.4 Å². The average Bonchev–Trinajstić information content (AvgIpc) is 2.84. The number of nitro benzene ring substituents is 1. The molecule has 0 bridgehead atoms. The van der Waals surface area contributed by atoms with E-state index in [2.05, 4.69) is 0 Å². The minimum absolute atomic E-state index is 0.0459. The fraction of sp³-hybridized carbons (Fsp3) is 0.435. The number of nitro groups is 1. The minimum atomic E-state index is -3.56. The van der Waals surface area contributed by atoms with Crippen LogP contribution in [0.5, 0.6) is 0 Å². The lowest BCUT2D eigenvalue weighted by Gasteiger charge is -2.39. The molecule has 0 aromatic heterocycles. The molecule has 0 N–H and O–H groups in total. The van der Waals surface area contributed by atoms with E-state index in [4.69, 9.17) is 0 Å². The number of benzene rings is 2. The first kappa shape index (κ1) is 23.2. The molecule has 9 nitrogen and oxygen atoms in total. The predicted octanol–water partition coefficient (Wildman–Crippen LogP) is 2.65. The molecule has 0 atom stereocenters. The topological polar surface area (TPSA) is 104 Å². The van der Waals surface area contributed by atoms with Crippen molar-refractivity contribution in [3.05, 3.63) is 64.2 Å². The van der Waals surface area contributed by atoms with Crippen LogP contribution in [0.4, 0.5) is 11.4 Å². The summed E-state index contributed by atoms with van der Waals surface area (Å²) in [6.45, 7) is 4.59. The first-order valence-electron chi connectivity index (χ1n) is 11.1. The maximum absolute atomic E-state index is 13.1. The van der Waals surface area contributed by atoms with Gasteiger partial charge in [-0.05, 0) is 38.0 Å². The zero-order valence-electron chi connectivity index (χ0n) is 18.6. The smallest absolute Gasteiger partial charge is 0.292 e. The lowest BCUT2D eigenvalue weighted by atomic mass is 9.96. The Kier molecular flexibility index (Phi) is 6.66. The van der Waals surface area contributed by atoms with Crippen molar-refractivity contribution >= 4 is 27.3 Å². The van der Waals surface area contributed by atoms with Gasteiger partial charge in [-0.3, -0.25) is 14.9 Å². The quantitative estimate of drug-likeness (QED) is 0.490. The van der Waals surface area contributed by atoms with Crippen molar-refractivity contribution in [3.8, 4) is 0 Å². The molecule has 2 aliphatic rings. The second-order valence-corrected chi connectivity index (χ2v) is 10.5. The highest BCUT2D eigenvalue weighted by molar-refractivity contribution is 7.89. The highest BCUT2D eigenvalue weighted by Crippen LogP contribution is 2.30. The second kappa shape index (κ2) is 9.48. The SMILES string of the molecule is Cc1ccc(S(=O)(=O)N2CCC(C(=O)N3CCN(c4ccccc4[N+](=O)[O-])CC3)CC2)cc1. The number of amides is 1. The Morgan fingerprint density at radius 1 is 0.939 bits per heavy atom. The van der Waals surface area contributed by atoms with Crippen LogP contribution in [0.25, 0.3) is 0 Å². The molecule has 2 aromatic rings. The second-order valence-electron chi connectivity index (χ2n) is 8.55. The summed E-state index contributed by atoms with van der Waals surface area (Å²) in [7, 11) is -3.56. The normalized spacial score (nSPS) is 18.3. The van der Waals surface area contributed by atoms with Crippen molar-refractivity contribution in [2.45, 2.75) is 24.7 Å². The van der Waals surface area contributed by atoms with Crippen molar-refractivity contribution in [2.24, 2.45) is 5.92 Å². The molecule has 2 fully saturated rings. The number of carbonyl (C=O) groups excluding carboxylic acids is 1. The molecule has 0 spiro atoms. The Hall–Kier alpha value is -2.98. The predicted molar refractivity (Wildman–Crippen MR) is 125 cm³/mol. The summed E-state index contributed by atoms with van der Waals surface area (Å²) < 4.78 is 27.3. The van der Waals surface area contributed by atoms with Gasteiger partial charge in [0.2, 0.25) is 15.9 Å². The van der Waals surface area contributed by atoms with Crippen LogP contribution < -0.4 is 4.90 Å². The number of piperazine rings is 1. The molecule has 176 valence electrons. The van der Waals surface area contributed by atoms with Gasteiger partial charge in [0.1, 0.15) is 5.69 Å². The first-order chi connectivity index (χ1) is 15.8. The molecule has 1 amide bonds. The summed E-state index contributed by atoms with van der Waals surface area (Å²) in [5, 5.41) is 11.3. The fourth-order valence-electron chi connectivity index (χ4n) is 4.51. The lowest BCUT2D eigenvalue weighted by Crippen LogP contribution is -2.52. The monoisotopic (exact) mass is 472 g/mol. The van der Waals surface area contributed by atoms with Crippen LogP contribution in [0, 0.1) is 23.0 Å². The Bertz CT molecular complexity index is 1120. The summed E-state index contributed by atoms with van der Waals surface area (Å²) in [5.41, 5.74) is 1.64. The summed E-state index contributed by atoms with van der Waals surface area (Å²) in [6.07, 6.45) is 0.989. The minimum Gasteiger partial charge on any atom is -0.362 e. The van der Waals surface area contributed by atoms with Crippen LogP contribution in [-0.2, 0) is 14.8 Å². The maximum atomic E-state index is 13.1. The van der Waals surface area contributed by atoms with Crippen LogP contribution in [0.1, 0.15) is 18.4 Å². The molecule has 0 unspecified atom stereocenters. The average molecular weight is 473 g/mol. The van der Waals surface area contributed by atoms with E-state index in [0.717, 1.165) is 5.56 Å². The van der Waals surface area contributed by atoms with E-state index in [1.165, 1.54) is 10.4 Å². The molecule has 10 heteroatoms. The molecule has 0 aliphatic carbocycles. The van der Waals surface area contributed by atoms with Crippen molar-refractivity contribution < 1.29 is 18.1 Å². The summed E-state index contributed by atoms with van der Waals surface area (Å²) in [4.78, 5) is 28.0. The third-order valence-electron chi connectivity index (χ3n) is 6.47. The molecule has 0 radical (unpaired) electrons. The van der Waals surface area contributed by atoms with Gasteiger partial charge < -0.3 is 9.80 Å². The van der Waals surface area contributed by atoms with Gasteiger partial charge in [-0.15, -0.1) is 0 Å². The van der Waals surface area contributed by atoms with Crippen LogP contribution in [-0.4, -0.2) is 67.7 Å². The van der Waals surface area contributed by atoms with E-state index in [1.807, 2.05) is 11.8 Å². The number of anilines is 1. The first-order valence-corrected chi connectivity index (χ1v) is 12.6. The number of rotatable bonds is 5. The van der Waals surface area contributed by atoms with Crippen molar-refractivity contribution in [1.82, 2.24) is 9.21 Å². The van der Waals surface area contributed by atoms with Gasteiger partial charge in [-0.1, -0.05) is 29.8 Å². The molecule has 0 saturated carbocycles. The number of sulfonamides is 1.